The van der Waals surface area contributed by atoms with Gasteiger partial charge in [0.25, 0.3) is 5.69 Å². The van der Waals surface area contributed by atoms with Crippen molar-refractivity contribution in [2.24, 2.45) is 0 Å². The van der Waals surface area contributed by atoms with Gasteiger partial charge in [0.1, 0.15) is 5.69 Å². The number of nitrogens with one attached hydrogen (secondary N) is 1. The van der Waals surface area contributed by atoms with E-state index in [1.54, 1.807) is 12.1 Å². The molecular formula is C13H17BrN2O2S. The van der Waals surface area contributed by atoms with Crippen LogP contribution in [-0.2, 0) is 0 Å². The zero-order chi connectivity index (χ0) is 13.9. The highest BCUT2D eigenvalue weighted by atomic mass is 79.9. The molecule has 1 aromatic rings. The lowest BCUT2D eigenvalue weighted by Crippen LogP contribution is -2.30. The van der Waals surface area contributed by atoms with Gasteiger partial charge in [-0.05, 0) is 31.2 Å². The molecule has 0 bridgehead atoms. The third-order valence-electron chi connectivity index (χ3n) is 3.71. The average Bonchev–Trinajstić information content (AvgIpc) is 2.86. The molecule has 0 spiro atoms. The van der Waals surface area contributed by atoms with E-state index in [1.807, 2.05) is 17.8 Å². The number of hydrogen-bond donors (Lipinski definition) is 1. The van der Waals surface area contributed by atoms with E-state index in [1.165, 1.54) is 25.7 Å². The van der Waals surface area contributed by atoms with Crippen LogP contribution in [0.1, 0.15) is 25.7 Å². The van der Waals surface area contributed by atoms with Crippen LogP contribution in [0.15, 0.2) is 22.7 Å². The monoisotopic (exact) mass is 344 g/mol. The molecule has 0 unspecified atom stereocenters. The van der Waals surface area contributed by atoms with Crippen molar-refractivity contribution >= 4 is 39.1 Å². The Morgan fingerprint density at radius 2 is 2.16 bits per heavy atom. The zero-order valence-electron chi connectivity index (χ0n) is 10.8. The highest BCUT2D eigenvalue weighted by molar-refractivity contribution is 9.10. The van der Waals surface area contributed by atoms with Crippen molar-refractivity contribution in [1.29, 1.82) is 0 Å². The molecule has 19 heavy (non-hydrogen) atoms. The minimum absolute atomic E-state index is 0.128. The first-order valence-corrected chi connectivity index (χ1v) is 8.31. The maximum absolute atomic E-state index is 11.1. The third-order valence-corrected chi connectivity index (χ3v) is 5.62. The van der Waals surface area contributed by atoms with E-state index in [4.69, 9.17) is 0 Å². The molecule has 1 aliphatic carbocycles. The second kappa shape index (κ2) is 6.13. The summed E-state index contributed by atoms with van der Waals surface area (Å²) in [4.78, 5) is 10.7. The van der Waals surface area contributed by atoms with Gasteiger partial charge in [-0.2, -0.15) is 11.8 Å². The van der Waals surface area contributed by atoms with E-state index in [9.17, 15) is 10.1 Å². The summed E-state index contributed by atoms with van der Waals surface area (Å²) >= 11 is 5.14. The number of nitro groups is 1. The Morgan fingerprint density at radius 3 is 2.74 bits per heavy atom. The van der Waals surface area contributed by atoms with Gasteiger partial charge in [-0.3, -0.25) is 10.1 Å². The van der Waals surface area contributed by atoms with E-state index in [2.05, 4.69) is 27.5 Å². The van der Waals surface area contributed by atoms with Crippen LogP contribution in [0, 0.1) is 10.1 Å². The summed E-state index contributed by atoms with van der Waals surface area (Å²) in [7, 11) is 0. The molecule has 0 aromatic heterocycles. The van der Waals surface area contributed by atoms with Crippen molar-refractivity contribution in [1.82, 2.24) is 0 Å². The Labute approximate surface area is 125 Å². The van der Waals surface area contributed by atoms with Crippen LogP contribution in [0.5, 0.6) is 0 Å². The lowest BCUT2D eigenvalue weighted by Gasteiger charge is -2.27. The molecule has 1 aliphatic rings. The Bertz CT molecular complexity index is 476. The van der Waals surface area contributed by atoms with Gasteiger partial charge < -0.3 is 5.32 Å². The lowest BCUT2D eigenvalue weighted by atomic mass is 10.1. The minimum atomic E-state index is -0.340. The van der Waals surface area contributed by atoms with Crippen molar-refractivity contribution in [2.75, 3.05) is 18.1 Å². The predicted octanol–water partition coefficient (Wildman–Crippen LogP) is 4.45. The number of anilines is 1. The predicted molar refractivity (Wildman–Crippen MR) is 84.0 cm³/mol. The molecule has 6 heteroatoms. The summed E-state index contributed by atoms with van der Waals surface area (Å²) < 4.78 is 0.964. The fraction of sp³-hybridized carbons (Fsp3) is 0.538. The second-order valence-corrected chi connectivity index (χ2v) is 7.06. The van der Waals surface area contributed by atoms with Gasteiger partial charge in [-0.15, -0.1) is 0 Å². The van der Waals surface area contributed by atoms with Gasteiger partial charge in [0, 0.05) is 21.8 Å². The Hall–Kier alpha value is -0.750. The fourth-order valence-electron chi connectivity index (χ4n) is 2.53. The molecule has 1 N–H and O–H groups in total. The van der Waals surface area contributed by atoms with E-state index >= 15 is 0 Å². The molecule has 2 rings (SSSR count). The first-order chi connectivity index (χ1) is 9.06. The van der Waals surface area contributed by atoms with E-state index in [-0.39, 0.29) is 15.4 Å². The zero-order valence-corrected chi connectivity index (χ0v) is 13.2. The van der Waals surface area contributed by atoms with Crippen LogP contribution < -0.4 is 5.32 Å². The Morgan fingerprint density at radius 1 is 1.47 bits per heavy atom. The maximum atomic E-state index is 11.1. The van der Waals surface area contributed by atoms with Gasteiger partial charge in [0.15, 0.2) is 0 Å². The third kappa shape index (κ3) is 3.42. The first-order valence-electron chi connectivity index (χ1n) is 6.29. The van der Waals surface area contributed by atoms with E-state index in [0.29, 0.717) is 5.69 Å². The molecule has 1 aromatic carbocycles. The fourth-order valence-corrected chi connectivity index (χ4v) is 3.80. The van der Waals surface area contributed by atoms with Crippen molar-refractivity contribution in [3.8, 4) is 0 Å². The van der Waals surface area contributed by atoms with Crippen LogP contribution in [-0.4, -0.2) is 22.5 Å². The summed E-state index contributed by atoms with van der Waals surface area (Å²) in [6.07, 6.45) is 7.01. The van der Waals surface area contributed by atoms with Crippen LogP contribution in [0.2, 0.25) is 0 Å². The van der Waals surface area contributed by atoms with E-state index in [0.717, 1.165) is 11.0 Å². The standard InChI is InChI=1S/C13H17BrN2O2S/c1-19-13(6-2-3-7-13)9-15-11-5-4-10(14)8-12(11)16(17)18/h4-5,8,15H,2-3,6-7,9H2,1H3. The van der Waals surface area contributed by atoms with Crippen LogP contribution >= 0.6 is 27.7 Å². The van der Waals surface area contributed by atoms with Crippen molar-refractivity contribution in [3.63, 3.8) is 0 Å². The molecule has 0 amide bonds. The maximum Gasteiger partial charge on any atom is 0.293 e. The number of benzene rings is 1. The topological polar surface area (TPSA) is 55.2 Å². The van der Waals surface area contributed by atoms with Gasteiger partial charge in [-0.25, -0.2) is 0 Å². The summed E-state index contributed by atoms with van der Waals surface area (Å²) in [5, 5.41) is 14.3. The summed E-state index contributed by atoms with van der Waals surface area (Å²) in [6.45, 7) is 0.788. The highest BCUT2D eigenvalue weighted by Crippen LogP contribution is 2.40. The van der Waals surface area contributed by atoms with Gasteiger partial charge >= 0.3 is 0 Å². The first kappa shape index (κ1) is 14.7. The summed E-state index contributed by atoms with van der Waals surface area (Å²) in [5.74, 6) is 0. The average molecular weight is 345 g/mol. The number of rotatable bonds is 5. The molecule has 0 atom stereocenters. The highest BCUT2D eigenvalue weighted by Gasteiger charge is 2.33. The van der Waals surface area contributed by atoms with Crippen LogP contribution in [0.4, 0.5) is 11.4 Å². The molecule has 4 nitrogen and oxygen atoms in total. The largest absolute Gasteiger partial charge is 0.378 e. The molecule has 0 radical (unpaired) electrons. The van der Waals surface area contributed by atoms with Gasteiger partial charge in [0.2, 0.25) is 0 Å². The Balaban J connectivity index is 2.13. The smallest absolute Gasteiger partial charge is 0.293 e. The second-order valence-electron chi connectivity index (χ2n) is 4.87. The summed E-state index contributed by atoms with van der Waals surface area (Å²) in [6, 6.07) is 5.14. The SMILES string of the molecule is CSC1(CNc2ccc(Br)cc2[N+](=O)[O-])CCCC1. The Kier molecular flexibility index (Phi) is 4.73. The molecule has 104 valence electrons. The number of hydrogen-bond acceptors (Lipinski definition) is 4. The normalized spacial score (nSPS) is 17.4. The van der Waals surface area contributed by atoms with E-state index < -0.39 is 0 Å². The van der Waals surface area contributed by atoms with Crippen molar-refractivity contribution < 1.29 is 4.92 Å². The van der Waals surface area contributed by atoms with Gasteiger partial charge in [-0.1, -0.05) is 28.8 Å². The number of nitro benzene ring substituents is 1. The molecule has 0 saturated heterocycles. The number of halogens is 1. The molecule has 1 saturated carbocycles. The molecular weight excluding hydrogens is 328 g/mol. The summed E-state index contributed by atoms with van der Waals surface area (Å²) in [5.41, 5.74) is 0.733. The van der Waals surface area contributed by atoms with Crippen molar-refractivity contribution in [3.05, 3.63) is 32.8 Å². The van der Waals surface area contributed by atoms with Crippen molar-refractivity contribution in [2.45, 2.75) is 30.4 Å². The lowest BCUT2D eigenvalue weighted by molar-refractivity contribution is -0.384. The van der Waals surface area contributed by atoms with Gasteiger partial charge in [0.05, 0.1) is 4.92 Å². The molecule has 1 fully saturated rings. The number of thioether (sulfide) groups is 1. The molecule has 0 heterocycles. The number of nitrogens with zero attached hydrogens (tertiary/aromatic N) is 1. The minimum Gasteiger partial charge on any atom is -0.378 e. The van der Waals surface area contributed by atoms with Crippen LogP contribution in [0.3, 0.4) is 0 Å². The molecule has 0 aliphatic heterocycles. The van der Waals surface area contributed by atoms with Crippen LogP contribution in [0.25, 0.3) is 0 Å². The quantitative estimate of drug-likeness (QED) is 0.633.